The molecule has 1 aromatic heterocycles. The van der Waals surface area contributed by atoms with Gasteiger partial charge in [0.05, 0.1) is 18.7 Å². The van der Waals surface area contributed by atoms with Crippen molar-refractivity contribution >= 4 is 23.2 Å². The van der Waals surface area contributed by atoms with E-state index in [1.807, 2.05) is 60.1 Å². The summed E-state index contributed by atoms with van der Waals surface area (Å²) in [6.45, 7) is 1.78. The van der Waals surface area contributed by atoms with Crippen LogP contribution in [0.1, 0.15) is 34.8 Å². The van der Waals surface area contributed by atoms with Gasteiger partial charge in [-0.15, -0.1) is 0 Å². The Bertz CT molecular complexity index is 814. The summed E-state index contributed by atoms with van der Waals surface area (Å²) in [5.41, 5.74) is 1.84. The van der Waals surface area contributed by atoms with E-state index < -0.39 is 0 Å². The molecule has 156 valence electrons. The summed E-state index contributed by atoms with van der Waals surface area (Å²) in [5.74, 6) is 0.899. The summed E-state index contributed by atoms with van der Waals surface area (Å²) in [7, 11) is 5.66. The molecule has 0 saturated carbocycles. The van der Waals surface area contributed by atoms with E-state index in [1.54, 1.807) is 7.11 Å². The molecule has 1 fully saturated rings. The molecule has 2 aromatic rings. The molecule has 29 heavy (non-hydrogen) atoms. The fraction of sp³-hybridized carbons (Fsp3) is 0.455. The number of thiophene rings is 1. The van der Waals surface area contributed by atoms with Crippen molar-refractivity contribution in [3.63, 3.8) is 0 Å². The number of methoxy groups -OCH3 is 1. The number of ether oxygens (including phenoxy) is 1. The number of rotatable bonds is 7. The molecule has 1 saturated heterocycles. The Labute approximate surface area is 176 Å². The Morgan fingerprint density at radius 2 is 2.03 bits per heavy atom. The molecule has 2 amide bonds. The molecule has 1 aromatic carbocycles. The standard InChI is InChI=1S/C22H29N3O3S/c1-24(2)20(17-5-4-6-19(13-17)28-3)14-23-21(26)16-7-10-25(11-8-16)22(27)18-9-12-29-15-18/h4-6,9,12-13,15-16,20H,7-8,10-11,14H2,1-3H3,(H,23,26). The van der Waals surface area contributed by atoms with Crippen LogP contribution in [-0.4, -0.2) is 62.5 Å². The van der Waals surface area contributed by atoms with Crippen LogP contribution in [0.25, 0.3) is 0 Å². The van der Waals surface area contributed by atoms with Crippen molar-refractivity contribution in [2.75, 3.05) is 40.8 Å². The summed E-state index contributed by atoms with van der Waals surface area (Å²) < 4.78 is 5.32. The Morgan fingerprint density at radius 3 is 2.66 bits per heavy atom. The SMILES string of the molecule is COc1cccc(C(CNC(=O)C2CCN(C(=O)c3ccsc3)CC2)N(C)C)c1. The smallest absolute Gasteiger partial charge is 0.254 e. The zero-order chi connectivity index (χ0) is 20.8. The van der Waals surface area contributed by atoms with E-state index in [4.69, 9.17) is 4.74 Å². The molecule has 1 N–H and O–H groups in total. The average molecular weight is 416 g/mol. The lowest BCUT2D eigenvalue weighted by Gasteiger charge is -2.32. The highest BCUT2D eigenvalue weighted by Gasteiger charge is 2.28. The number of piperidine rings is 1. The molecule has 1 unspecified atom stereocenters. The summed E-state index contributed by atoms with van der Waals surface area (Å²) in [6.07, 6.45) is 1.40. The maximum Gasteiger partial charge on any atom is 0.254 e. The summed E-state index contributed by atoms with van der Waals surface area (Å²) in [4.78, 5) is 29.1. The van der Waals surface area contributed by atoms with Crippen molar-refractivity contribution in [3.8, 4) is 5.75 Å². The van der Waals surface area contributed by atoms with Gasteiger partial charge >= 0.3 is 0 Å². The summed E-state index contributed by atoms with van der Waals surface area (Å²) >= 11 is 1.53. The number of hydrogen-bond donors (Lipinski definition) is 1. The Kier molecular flexibility index (Phi) is 7.28. The van der Waals surface area contributed by atoms with Gasteiger partial charge in [-0.1, -0.05) is 12.1 Å². The quantitative estimate of drug-likeness (QED) is 0.755. The molecular formula is C22H29N3O3S. The second-order valence-electron chi connectivity index (χ2n) is 7.58. The molecule has 0 radical (unpaired) electrons. The van der Waals surface area contributed by atoms with Crippen LogP contribution in [-0.2, 0) is 4.79 Å². The first kappa shape index (κ1) is 21.3. The zero-order valence-corrected chi connectivity index (χ0v) is 18.1. The van der Waals surface area contributed by atoms with Gasteiger partial charge in [0.25, 0.3) is 5.91 Å². The first-order valence-electron chi connectivity index (χ1n) is 9.89. The molecular weight excluding hydrogens is 386 g/mol. The van der Waals surface area contributed by atoms with Crippen molar-refractivity contribution in [2.24, 2.45) is 5.92 Å². The first-order valence-corrected chi connectivity index (χ1v) is 10.8. The van der Waals surface area contributed by atoms with E-state index in [0.29, 0.717) is 32.5 Å². The maximum atomic E-state index is 12.7. The third-order valence-corrected chi connectivity index (χ3v) is 6.18. The Morgan fingerprint density at radius 1 is 1.28 bits per heavy atom. The number of likely N-dealkylation sites (N-methyl/N-ethyl adjacent to an activating group) is 1. The van der Waals surface area contributed by atoms with Gasteiger partial charge in [0, 0.05) is 30.9 Å². The van der Waals surface area contributed by atoms with Gasteiger partial charge in [-0.05, 0) is 56.1 Å². The normalized spacial score (nSPS) is 15.9. The van der Waals surface area contributed by atoms with E-state index in [-0.39, 0.29) is 23.8 Å². The van der Waals surface area contributed by atoms with Crippen LogP contribution >= 0.6 is 11.3 Å². The van der Waals surface area contributed by atoms with Gasteiger partial charge in [-0.3, -0.25) is 9.59 Å². The fourth-order valence-electron chi connectivity index (χ4n) is 3.70. The molecule has 0 aliphatic carbocycles. The lowest BCUT2D eigenvalue weighted by atomic mass is 9.95. The molecule has 1 atom stereocenters. The number of benzene rings is 1. The van der Waals surface area contributed by atoms with Crippen molar-refractivity contribution in [2.45, 2.75) is 18.9 Å². The van der Waals surface area contributed by atoms with Crippen LogP contribution in [0, 0.1) is 5.92 Å². The average Bonchev–Trinajstić information content (AvgIpc) is 3.28. The molecule has 7 heteroatoms. The number of carbonyl (C=O) groups is 2. The van der Waals surface area contributed by atoms with Gasteiger partial charge in [0.2, 0.25) is 5.91 Å². The molecule has 1 aliphatic heterocycles. The van der Waals surface area contributed by atoms with Crippen LogP contribution in [0.2, 0.25) is 0 Å². The van der Waals surface area contributed by atoms with E-state index in [2.05, 4.69) is 10.2 Å². The number of likely N-dealkylation sites (tertiary alicyclic amines) is 1. The van der Waals surface area contributed by atoms with E-state index in [0.717, 1.165) is 16.9 Å². The van der Waals surface area contributed by atoms with Gasteiger partial charge in [-0.2, -0.15) is 11.3 Å². The highest BCUT2D eigenvalue weighted by molar-refractivity contribution is 7.08. The topological polar surface area (TPSA) is 61.9 Å². The van der Waals surface area contributed by atoms with Gasteiger partial charge in [0.1, 0.15) is 5.75 Å². The van der Waals surface area contributed by atoms with Crippen LogP contribution < -0.4 is 10.1 Å². The molecule has 3 rings (SSSR count). The Balaban J connectivity index is 1.52. The number of hydrogen-bond acceptors (Lipinski definition) is 5. The van der Waals surface area contributed by atoms with E-state index in [1.165, 1.54) is 11.3 Å². The third-order valence-electron chi connectivity index (χ3n) is 5.49. The molecule has 2 heterocycles. The third kappa shape index (κ3) is 5.36. The monoisotopic (exact) mass is 415 g/mol. The highest BCUT2D eigenvalue weighted by atomic mass is 32.1. The predicted octanol–water partition coefficient (Wildman–Crippen LogP) is 3.03. The van der Waals surface area contributed by atoms with Gasteiger partial charge in [-0.25, -0.2) is 0 Å². The van der Waals surface area contributed by atoms with Crippen LogP contribution in [0.15, 0.2) is 41.1 Å². The second-order valence-corrected chi connectivity index (χ2v) is 8.36. The highest BCUT2D eigenvalue weighted by Crippen LogP contribution is 2.23. The lowest BCUT2D eigenvalue weighted by Crippen LogP contribution is -2.44. The minimum Gasteiger partial charge on any atom is -0.497 e. The number of carbonyl (C=O) groups excluding carboxylic acids is 2. The van der Waals surface area contributed by atoms with Gasteiger partial charge in [0.15, 0.2) is 0 Å². The second kappa shape index (κ2) is 9.89. The molecule has 6 nitrogen and oxygen atoms in total. The maximum absolute atomic E-state index is 12.7. The number of nitrogens with zero attached hydrogens (tertiary/aromatic N) is 2. The largest absolute Gasteiger partial charge is 0.497 e. The number of nitrogens with one attached hydrogen (secondary N) is 1. The first-order chi connectivity index (χ1) is 14.0. The number of amides is 2. The lowest BCUT2D eigenvalue weighted by molar-refractivity contribution is -0.126. The van der Waals surface area contributed by atoms with Crippen molar-refractivity contribution in [1.82, 2.24) is 15.1 Å². The minimum atomic E-state index is -0.0466. The summed E-state index contributed by atoms with van der Waals surface area (Å²) in [5, 5.41) is 6.91. The van der Waals surface area contributed by atoms with Crippen molar-refractivity contribution in [1.29, 1.82) is 0 Å². The Hall–Kier alpha value is -2.38. The molecule has 0 bridgehead atoms. The summed E-state index contributed by atoms with van der Waals surface area (Å²) in [6, 6.07) is 9.85. The molecule has 0 spiro atoms. The van der Waals surface area contributed by atoms with Crippen molar-refractivity contribution < 1.29 is 14.3 Å². The van der Waals surface area contributed by atoms with E-state index in [9.17, 15) is 9.59 Å². The minimum absolute atomic E-state index is 0.0466. The van der Waals surface area contributed by atoms with Gasteiger partial charge < -0.3 is 19.9 Å². The predicted molar refractivity (Wildman–Crippen MR) is 115 cm³/mol. The van der Waals surface area contributed by atoms with Crippen LogP contribution in [0.5, 0.6) is 5.75 Å². The van der Waals surface area contributed by atoms with Crippen molar-refractivity contribution in [3.05, 3.63) is 52.2 Å². The van der Waals surface area contributed by atoms with Crippen LogP contribution in [0.4, 0.5) is 0 Å². The van der Waals surface area contributed by atoms with Crippen LogP contribution in [0.3, 0.4) is 0 Å². The fourth-order valence-corrected chi connectivity index (χ4v) is 4.33. The van der Waals surface area contributed by atoms with E-state index >= 15 is 0 Å². The zero-order valence-electron chi connectivity index (χ0n) is 17.3. The molecule has 1 aliphatic rings.